The largest absolute Gasteiger partial charge is 0.494 e. The molecule has 2 aliphatic rings. The lowest BCUT2D eigenvalue weighted by molar-refractivity contribution is 0.00578. The predicted molar refractivity (Wildman–Crippen MR) is 160 cm³/mol. The van der Waals surface area contributed by atoms with E-state index < -0.39 is 7.12 Å². The maximum Gasteiger partial charge on any atom is 0.494 e. The smallest absolute Gasteiger partial charge is 0.399 e. The van der Waals surface area contributed by atoms with Crippen LogP contribution >= 0.6 is 15.9 Å². The number of hydrogen-bond donors (Lipinski definition) is 0. The SMILES string of the molecule is COCCOCCCC1(CCCOCCOC)c2cc(Br)ccc2-c2ccc(B3OC(C)(C)C(C)(C)O3)cc21. The summed E-state index contributed by atoms with van der Waals surface area (Å²) in [7, 11) is 3.01. The normalized spacial score (nSPS) is 18.4. The van der Waals surface area contributed by atoms with E-state index in [1.165, 1.54) is 22.3 Å². The number of ether oxygens (including phenoxy) is 4. The average Bonchev–Trinajstić information content (AvgIpc) is 3.29. The van der Waals surface area contributed by atoms with Gasteiger partial charge < -0.3 is 28.3 Å². The molecule has 0 spiro atoms. The predicted octanol–water partition coefficient (Wildman–Crippen LogP) is 5.90. The van der Waals surface area contributed by atoms with Gasteiger partial charge in [-0.15, -0.1) is 0 Å². The summed E-state index contributed by atoms with van der Waals surface area (Å²) in [4.78, 5) is 0. The first kappa shape index (κ1) is 30.7. The number of fused-ring (bicyclic) bond motifs is 3. The Hall–Kier alpha value is -1.26. The fourth-order valence-corrected chi connectivity index (χ4v) is 6.08. The Balaban J connectivity index is 1.68. The molecule has 4 rings (SSSR count). The molecule has 0 radical (unpaired) electrons. The highest BCUT2D eigenvalue weighted by Crippen LogP contribution is 2.54. The minimum Gasteiger partial charge on any atom is -0.399 e. The molecule has 0 N–H and O–H groups in total. The lowest BCUT2D eigenvalue weighted by atomic mass is 9.69. The highest BCUT2D eigenvalue weighted by Gasteiger charge is 2.52. The van der Waals surface area contributed by atoms with Crippen LogP contribution in [-0.2, 0) is 33.7 Å². The highest BCUT2D eigenvalue weighted by atomic mass is 79.9. The Kier molecular flexibility index (Phi) is 10.4. The fourth-order valence-electron chi connectivity index (χ4n) is 5.72. The van der Waals surface area contributed by atoms with Gasteiger partial charge in [-0.1, -0.05) is 40.2 Å². The first-order valence-electron chi connectivity index (χ1n) is 14.1. The van der Waals surface area contributed by atoms with Crippen molar-refractivity contribution in [2.45, 2.75) is 70.0 Å². The van der Waals surface area contributed by atoms with Gasteiger partial charge in [0, 0.05) is 37.3 Å². The lowest BCUT2D eigenvalue weighted by Crippen LogP contribution is -2.41. The molecule has 0 aromatic heterocycles. The molecule has 1 fully saturated rings. The lowest BCUT2D eigenvalue weighted by Gasteiger charge is -2.33. The van der Waals surface area contributed by atoms with Gasteiger partial charge in [0.2, 0.25) is 0 Å². The zero-order valence-corrected chi connectivity index (χ0v) is 26.0. The first-order chi connectivity index (χ1) is 18.6. The second-order valence-corrected chi connectivity index (χ2v) is 12.5. The molecule has 6 nitrogen and oxygen atoms in total. The third-order valence-corrected chi connectivity index (χ3v) is 9.01. The zero-order valence-electron chi connectivity index (χ0n) is 24.4. The van der Waals surface area contributed by atoms with Gasteiger partial charge in [-0.05, 0) is 93.2 Å². The maximum absolute atomic E-state index is 6.45. The molecule has 0 bridgehead atoms. The van der Waals surface area contributed by atoms with Crippen molar-refractivity contribution in [3.8, 4) is 11.1 Å². The molecule has 39 heavy (non-hydrogen) atoms. The number of benzene rings is 2. The summed E-state index contributed by atoms with van der Waals surface area (Å²) < 4.78 is 36.1. The van der Waals surface area contributed by atoms with E-state index in [9.17, 15) is 0 Å². The van der Waals surface area contributed by atoms with Crippen LogP contribution in [0.5, 0.6) is 0 Å². The van der Waals surface area contributed by atoms with Gasteiger partial charge in [-0.3, -0.25) is 0 Å². The molecule has 1 aliphatic heterocycles. The summed E-state index contributed by atoms with van der Waals surface area (Å²) in [5.41, 5.74) is 5.43. The van der Waals surface area contributed by atoms with Crippen LogP contribution in [0.3, 0.4) is 0 Å². The summed E-state index contributed by atoms with van der Waals surface area (Å²) in [5.74, 6) is 0. The topological polar surface area (TPSA) is 55.4 Å². The monoisotopic (exact) mass is 602 g/mol. The Morgan fingerprint density at radius 2 is 1.21 bits per heavy atom. The van der Waals surface area contributed by atoms with Crippen LogP contribution in [0.15, 0.2) is 40.9 Å². The van der Waals surface area contributed by atoms with Crippen LogP contribution in [0, 0.1) is 0 Å². The van der Waals surface area contributed by atoms with Crippen LogP contribution in [-0.4, -0.2) is 72.2 Å². The van der Waals surface area contributed by atoms with Gasteiger partial charge in [-0.25, -0.2) is 0 Å². The van der Waals surface area contributed by atoms with Crippen LogP contribution in [0.2, 0.25) is 0 Å². The van der Waals surface area contributed by atoms with Crippen LogP contribution < -0.4 is 5.46 Å². The molecule has 0 unspecified atom stereocenters. The first-order valence-corrected chi connectivity index (χ1v) is 14.9. The third kappa shape index (κ3) is 6.64. The van der Waals surface area contributed by atoms with E-state index in [1.54, 1.807) is 14.2 Å². The van der Waals surface area contributed by atoms with Gasteiger partial charge in [0.05, 0.1) is 37.6 Å². The van der Waals surface area contributed by atoms with E-state index in [0.717, 1.165) is 35.6 Å². The molecule has 214 valence electrons. The van der Waals surface area contributed by atoms with Crippen molar-refractivity contribution in [1.82, 2.24) is 0 Å². The fraction of sp³-hybridized carbons (Fsp3) is 0.613. The highest BCUT2D eigenvalue weighted by molar-refractivity contribution is 9.10. The molecular formula is C31H44BBrO6. The van der Waals surface area contributed by atoms with Crippen LogP contribution in [0.1, 0.15) is 64.5 Å². The van der Waals surface area contributed by atoms with E-state index in [1.807, 2.05) is 0 Å². The molecule has 0 amide bonds. The van der Waals surface area contributed by atoms with Gasteiger partial charge in [0.15, 0.2) is 0 Å². The second kappa shape index (κ2) is 13.2. The molecule has 2 aromatic carbocycles. The van der Waals surface area contributed by atoms with E-state index in [2.05, 4.69) is 80.0 Å². The second-order valence-electron chi connectivity index (χ2n) is 11.6. The van der Waals surface area contributed by atoms with E-state index in [4.69, 9.17) is 28.3 Å². The number of methoxy groups -OCH3 is 2. The minimum atomic E-state index is -0.400. The number of rotatable bonds is 15. The van der Waals surface area contributed by atoms with Gasteiger partial charge in [0.25, 0.3) is 0 Å². The Morgan fingerprint density at radius 3 is 1.74 bits per heavy atom. The van der Waals surface area contributed by atoms with Crippen molar-refractivity contribution in [2.24, 2.45) is 0 Å². The van der Waals surface area contributed by atoms with E-state index in [0.29, 0.717) is 39.6 Å². The van der Waals surface area contributed by atoms with E-state index in [-0.39, 0.29) is 16.6 Å². The van der Waals surface area contributed by atoms with Gasteiger partial charge >= 0.3 is 7.12 Å². The third-order valence-electron chi connectivity index (χ3n) is 8.52. The van der Waals surface area contributed by atoms with Crippen molar-refractivity contribution in [3.63, 3.8) is 0 Å². The summed E-state index contributed by atoms with van der Waals surface area (Å²) >= 11 is 3.76. The maximum atomic E-state index is 6.45. The summed E-state index contributed by atoms with van der Waals surface area (Å²) in [6, 6.07) is 13.5. The minimum absolute atomic E-state index is 0.163. The van der Waals surface area contributed by atoms with Crippen molar-refractivity contribution >= 4 is 28.5 Å². The number of halogens is 1. The molecule has 1 heterocycles. The van der Waals surface area contributed by atoms with Crippen molar-refractivity contribution in [2.75, 3.05) is 53.9 Å². The molecule has 1 saturated heterocycles. The van der Waals surface area contributed by atoms with E-state index >= 15 is 0 Å². The summed E-state index contributed by atoms with van der Waals surface area (Å²) in [5, 5.41) is 0. The van der Waals surface area contributed by atoms with Crippen molar-refractivity contribution in [1.29, 1.82) is 0 Å². The zero-order chi connectivity index (χ0) is 28.1. The standard InChI is InChI=1S/C31H44BBrO6/c1-29(2)30(3,4)39-32(38-29)23-9-11-25-26-12-10-24(33)22-28(26)31(27(25)21-23,13-7-15-36-19-17-34-5)14-8-16-37-20-18-35-6/h9-12,21-22H,7-8,13-20H2,1-6H3. The van der Waals surface area contributed by atoms with Gasteiger partial charge in [-0.2, -0.15) is 0 Å². The molecular weight excluding hydrogens is 559 g/mol. The Morgan fingerprint density at radius 1 is 0.692 bits per heavy atom. The summed E-state index contributed by atoms with van der Waals surface area (Å²) in [6.45, 7) is 12.3. The molecule has 1 aliphatic carbocycles. The Labute approximate surface area is 243 Å². The molecule has 0 atom stereocenters. The van der Waals surface area contributed by atoms with Crippen molar-refractivity contribution < 1.29 is 28.3 Å². The van der Waals surface area contributed by atoms with Crippen LogP contribution in [0.4, 0.5) is 0 Å². The van der Waals surface area contributed by atoms with Gasteiger partial charge in [0.1, 0.15) is 0 Å². The molecule has 8 heteroatoms. The summed E-state index contributed by atoms with van der Waals surface area (Å²) in [6.07, 6.45) is 3.84. The van der Waals surface area contributed by atoms with Crippen LogP contribution in [0.25, 0.3) is 11.1 Å². The quantitative estimate of drug-likeness (QED) is 0.187. The van der Waals surface area contributed by atoms with Crippen molar-refractivity contribution in [3.05, 3.63) is 52.0 Å². The average molecular weight is 603 g/mol. The molecule has 0 saturated carbocycles. The number of hydrogen-bond acceptors (Lipinski definition) is 6. The molecule has 2 aromatic rings. The Bertz CT molecular complexity index is 1070.